The van der Waals surface area contributed by atoms with Gasteiger partial charge in [0, 0.05) is 11.1 Å². The second-order valence-electron chi connectivity index (χ2n) is 7.91. The maximum Gasteiger partial charge on any atom is 0.350 e. The second-order valence-corrected chi connectivity index (χ2v) is 8.89. The molecule has 1 aromatic heterocycles. The number of hydrogen-bond acceptors (Lipinski definition) is 10. The number of methoxy groups -OCH3 is 4. The van der Waals surface area contributed by atoms with E-state index in [4.69, 9.17) is 18.9 Å². The Bertz CT molecular complexity index is 1430. The number of benzene rings is 2. The number of carbonyl (C=O) groups excluding carboxylic acids is 3. The first-order valence-electron chi connectivity index (χ1n) is 11.0. The molecule has 1 aliphatic rings. The number of aliphatic hydroxyl groups excluding tert-OH is 1. The second kappa shape index (κ2) is 10.3. The lowest BCUT2D eigenvalue weighted by molar-refractivity contribution is -0.132. The lowest BCUT2D eigenvalue weighted by Gasteiger charge is -2.25. The van der Waals surface area contributed by atoms with Crippen LogP contribution in [-0.2, 0) is 14.3 Å². The van der Waals surface area contributed by atoms with Crippen LogP contribution in [0.4, 0.5) is 5.13 Å². The van der Waals surface area contributed by atoms with Gasteiger partial charge in [-0.1, -0.05) is 23.5 Å². The minimum atomic E-state index is -1.15. The molecule has 2 aromatic carbocycles. The van der Waals surface area contributed by atoms with Gasteiger partial charge in [-0.25, -0.2) is 9.78 Å². The van der Waals surface area contributed by atoms with Gasteiger partial charge in [0.15, 0.2) is 5.13 Å². The van der Waals surface area contributed by atoms with Crippen molar-refractivity contribution in [3.8, 4) is 17.2 Å². The average molecular weight is 525 g/mol. The van der Waals surface area contributed by atoms with Gasteiger partial charge in [0.2, 0.25) is 0 Å². The van der Waals surface area contributed by atoms with Crippen LogP contribution in [0.3, 0.4) is 0 Å². The molecule has 3 aromatic rings. The number of aromatic nitrogens is 1. The lowest BCUT2D eigenvalue weighted by atomic mass is 9.94. The Morgan fingerprint density at radius 3 is 2.35 bits per heavy atom. The molecule has 0 spiro atoms. The van der Waals surface area contributed by atoms with E-state index in [9.17, 15) is 19.5 Å². The number of amides is 1. The van der Waals surface area contributed by atoms with Gasteiger partial charge >= 0.3 is 11.9 Å². The summed E-state index contributed by atoms with van der Waals surface area (Å²) in [5.41, 5.74) is 0.794. The van der Waals surface area contributed by atoms with Crippen molar-refractivity contribution in [1.82, 2.24) is 4.98 Å². The van der Waals surface area contributed by atoms with E-state index in [1.807, 2.05) is 0 Å². The summed E-state index contributed by atoms with van der Waals surface area (Å²) in [6, 6.07) is 10.2. The Morgan fingerprint density at radius 2 is 1.70 bits per heavy atom. The third-order valence-electron chi connectivity index (χ3n) is 5.88. The Kier molecular flexibility index (Phi) is 7.16. The van der Waals surface area contributed by atoms with Crippen LogP contribution in [0.15, 0.2) is 48.0 Å². The summed E-state index contributed by atoms with van der Waals surface area (Å²) < 4.78 is 21.0. The molecule has 0 radical (unpaired) electrons. The van der Waals surface area contributed by atoms with Crippen molar-refractivity contribution in [3.05, 3.63) is 69.7 Å². The number of hydrogen-bond donors (Lipinski definition) is 1. The standard InChI is InChI=1S/C26H24N2O8S/c1-13-23(25(32)36-5)37-26(27-13)28-20(17-12-16(34-3)9-10-18(17)35-4)19(22(30)24(28)31)21(29)14-7-6-8-15(11-14)33-2/h6-12,20,29H,1-5H3/b21-19+. The summed E-state index contributed by atoms with van der Waals surface area (Å²) >= 11 is 0.904. The van der Waals surface area contributed by atoms with Crippen molar-refractivity contribution >= 4 is 39.9 Å². The number of anilines is 1. The molecule has 1 aliphatic heterocycles. The number of thiazole rings is 1. The smallest absolute Gasteiger partial charge is 0.350 e. The van der Waals surface area contributed by atoms with Crippen LogP contribution in [0.5, 0.6) is 17.2 Å². The van der Waals surface area contributed by atoms with E-state index in [0.29, 0.717) is 28.5 Å². The van der Waals surface area contributed by atoms with Crippen molar-refractivity contribution in [1.29, 1.82) is 0 Å². The van der Waals surface area contributed by atoms with Gasteiger partial charge < -0.3 is 24.1 Å². The summed E-state index contributed by atoms with van der Waals surface area (Å²) in [5.74, 6) is -1.65. The fourth-order valence-corrected chi connectivity index (χ4v) is 5.08. The third-order valence-corrected chi connectivity index (χ3v) is 7.02. The van der Waals surface area contributed by atoms with Gasteiger partial charge in [-0.15, -0.1) is 0 Å². The number of ether oxygens (including phenoxy) is 4. The molecule has 1 N–H and O–H groups in total. The van der Waals surface area contributed by atoms with Crippen molar-refractivity contribution in [2.75, 3.05) is 33.3 Å². The molecule has 0 saturated carbocycles. The van der Waals surface area contributed by atoms with Crippen molar-refractivity contribution in [2.24, 2.45) is 0 Å². The third kappa shape index (κ3) is 4.49. The molecule has 10 nitrogen and oxygen atoms in total. The molecule has 0 bridgehead atoms. The van der Waals surface area contributed by atoms with Gasteiger partial charge in [-0.05, 0) is 37.3 Å². The summed E-state index contributed by atoms with van der Waals surface area (Å²) in [6.45, 7) is 1.60. The maximum atomic E-state index is 13.5. The van der Waals surface area contributed by atoms with Crippen LogP contribution in [0.25, 0.3) is 5.76 Å². The Balaban J connectivity index is 2.01. The van der Waals surface area contributed by atoms with E-state index in [0.717, 1.165) is 16.2 Å². The van der Waals surface area contributed by atoms with Crippen LogP contribution in [0.2, 0.25) is 0 Å². The lowest BCUT2D eigenvalue weighted by Crippen LogP contribution is -2.29. The van der Waals surface area contributed by atoms with E-state index < -0.39 is 29.5 Å². The Hall–Kier alpha value is -4.38. The summed E-state index contributed by atoms with van der Waals surface area (Å²) in [4.78, 5) is 44.9. The van der Waals surface area contributed by atoms with Crippen LogP contribution < -0.4 is 19.1 Å². The fourth-order valence-electron chi connectivity index (χ4n) is 4.07. The number of aryl methyl sites for hydroxylation is 1. The quantitative estimate of drug-likeness (QED) is 0.212. The Labute approximate surface area is 216 Å². The number of nitrogens with zero attached hydrogens (tertiary/aromatic N) is 2. The predicted octanol–water partition coefficient (Wildman–Crippen LogP) is 3.89. The first-order valence-corrected chi connectivity index (χ1v) is 11.8. The highest BCUT2D eigenvalue weighted by Crippen LogP contribution is 2.47. The summed E-state index contributed by atoms with van der Waals surface area (Å²) in [6.07, 6.45) is 0. The number of aliphatic hydroxyl groups is 1. The summed E-state index contributed by atoms with van der Waals surface area (Å²) in [7, 11) is 5.64. The largest absolute Gasteiger partial charge is 0.507 e. The van der Waals surface area contributed by atoms with Crippen molar-refractivity contribution in [2.45, 2.75) is 13.0 Å². The van der Waals surface area contributed by atoms with Crippen molar-refractivity contribution in [3.63, 3.8) is 0 Å². The molecule has 2 heterocycles. The number of Topliss-reactive ketones (excluding diaryl/α,β-unsaturated/α-hetero) is 1. The van der Waals surface area contributed by atoms with Gasteiger partial charge in [0.1, 0.15) is 33.9 Å². The topological polar surface area (TPSA) is 124 Å². The van der Waals surface area contributed by atoms with Gasteiger partial charge in [-0.2, -0.15) is 0 Å². The molecule has 1 saturated heterocycles. The highest BCUT2D eigenvalue weighted by atomic mass is 32.1. The Morgan fingerprint density at radius 1 is 1.00 bits per heavy atom. The monoisotopic (exact) mass is 524 g/mol. The highest BCUT2D eigenvalue weighted by Gasteiger charge is 2.49. The zero-order valence-electron chi connectivity index (χ0n) is 20.7. The number of rotatable bonds is 7. The molecular weight excluding hydrogens is 500 g/mol. The number of ketones is 1. The highest BCUT2D eigenvalue weighted by molar-refractivity contribution is 7.17. The molecule has 1 atom stereocenters. The van der Waals surface area contributed by atoms with Crippen LogP contribution >= 0.6 is 11.3 Å². The number of esters is 1. The zero-order valence-corrected chi connectivity index (χ0v) is 21.5. The predicted molar refractivity (Wildman–Crippen MR) is 136 cm³/mol. The van der Waals surface area contributed by atoms with E-state index >= 15 is 0 Å². The van der Waals surface area contributed by atoms with Gasteiger partial charge in [0.05, 0.1) is 39.7 Å². The molecule has 11 heteroatoms. The van der Waals surface area contributed by atoms with E-state index in [-0.39, 0.29) is 21.1 Å². The van der Waals surface area contributed by atoms with Crippen LogP contribution in [0, 0.1) is 6.92 Å². The molecule has 37 heavy (non-hydrogen) atoms. The normalized spacial score (nSPS) is 16.6. The van der Waals surface area contributed by atoms with E-state index in [1.54, 1.807) is 49.4 Å². The zero-order chi connectivity index (χ0) is 26.9. The fraction of sp³-hybridized carbons (Fsp3) is 0.231. The molecule has 4 rings (SSSR count). The van der Waals surface area contributed by atoms with Gasteiger partial charge in [0.25, 0.3) is 5.78 Å². The molecule has 1 unspecified atom stereocenters. The van der Waals surface area contributed by atoms with E-state index in [2.05, 4.69) is 4.98 Å². The first kappa shape index (κ1) is 25.7. The summed E-state index contributed by atoms with van der Waals surface area (Å²) in [5, 5.41) is 11.4. The molecule has 1 fully saturated rings. The maximum absolute atomic E-state index is 13.5. The van der Waals surface area contributed by atoms with E-state index in [1.165, 1.54) is 28.4 Å². The molecule has 1 amide bonds. The molecule has 0 aliphatic carbocycles. The molecular formula is C26H24N2O8S. The SMILES string of the molecule is COC(=O)c1sc(N2C(=O)C(=O)/C(=C(/O)c3cccc(OC)c3)C2c2cc(OC)ccc2OC)nc1C. The molecule has 192 valence electrons. The van der Waals surface area contributed by atoms with Crippen LogP contribution in [0.1, 0.15) is 32.5 Å². The average Bonchev–Trinajstić information content (AvgIpc) is 3.43. The number of carbonyl (C=O) groups is 3. The van der Waals surface area contributed by atoms with Crippen LogP contribution in [-0.4, -0.2) is 56.2 Å². The minimum absolute atomic E-state index is 0.0829. The minimum Gasteiger partial charge on any atom is -0.507 e. The first-order chi connectivity index (χ1) is 17.7. The van der Waals surface area contributed by atoms with Crippen molar-refractivity contribution < 1.29 is 38.4 Å². The van der Waals surface area contributed by atoms with Gasteiger partial charge in [-0.3, -0.25) is 14.5 Å².